The third-order valence-electron chi connectivity index (χ3n) is 4.43. The van der Waals surface area contributed by atoms with Crippen molar-refractivity contribution >= 4 is 5.91 Å². The lowest BCUT2D eigenvalue weighted by atomic mass is 10.1. The summed E-state index contributed by atoms with van der Waals surface area (Å²) >= 11 is 0. The van der Waals surface area contributed by atoms with Gasteiger partial charge in [-0.25, -0.2) is 8.78 Å². The number of halogens is 2. The molecule has 2 heterocycles. The Kier molecular flexibility index (Phi) is 4.50. The summed E-state index contributed by atoms with van der Waals surface area (Å²) < 4.78 is 38.0. The van der Waals surface area contributed by atoms with Crippen molar-refractivity contribution in [2.24, 2.45) is 0 Å². The SMILES string of the molecule is COc1ccc(F)c(F)c1C(=O)N[C@H]1C[C@H]2CO[C@@H](C)CN2C1. The van der Waals surface area contributed by atoms with E-state index in [0.29, 0.717) is 13.2 Å². The van der Waals surface area contributed by atoms with E-state index in [4.69, 9.17) is 9.47 Å². The van der Waals surface area contributed by atoms with Crippen LogP contribution in [0.15, 0.2) is 12.1 Å². The molecule has 23 heavy (non-hydrogen) atoms. The Bertz CT molecular complexity index is 611. The molecule has 1 N–H and O–H groups in total. The zero-order valence-corrected chi connectivity index (χ0v) is 13.1. The van der Waals surface area contributed by atoms with E-state index in [-0.39, 0.29) is 29.5 Å². The Morgan fingerprint density at radius 3 is 2.91 bits per heavy atom. The molecule has 1 amide bonds. The Morgan fingerprint density at radius 1 is 1.39 bits per heavy atom. The van der Waals surface area contributed by atoms with E-state index in [1.54, 1.807) is 0 Å². The number of hydrogen-bond acceptors (Lipinski definition) is 4. The summed E-state index contributed by atoms with van der Waals surface area (Å²) in [6.45, 7) is 4.14. The highest BCUT2D eigenvalue weighted by Gasteiger charge is 2.37. The summed E-state index contributed by atoms with van der Waals surface area (Å²) in [5, 5.41) is 2.79. The van der Waals surface area contributed by atoms with Gasteiger partial charge in [-0.1, -0.05) is 0 Å². The molecule has 126 valence electrons. The van der Waals surface area contributed by atoms with E-state index in [1.807, 2.05) is 6.92 Å². The number of fused-ring (bicyclic) bond motifs is 1. The van der Waals surface area contributed by atoms with Crippen LogP contribution in [0.4, 0.5) is 8.78 Å². The van der Waals surface area contributed by atoms with Crippen LogP contribution in [-0.2, 0) is 4.74 Å². The predicted molar refractivity (Wildman–Crippen MR) is 79.6 cm³/mol. The number of methoxy groups -OCH3 is 1. The molecule has 3 rings (SSSR count). The van der Waals surface area contributed by atoms with Gasteiger partial charge in [0.1, 0.15) is 11.3 Å². The van der Waals surface area contributed by atoms with Crippen molar-refractivity contribution < 1.29 is 23.0 Å². The fraction of sp³-hybridized carbons (Fsp3) is 0.562. The minimum Gasteiger partial charge on any atom is -0.496 e. The zero-order chi connectivity index (χ0) is 16.6. The van der Waals surface area contributed by atoms with E-state index >= 15 is 0 Å². The summed E-state index contributed by atoms with van der Waals surface area (Å²) in [5.74, 6) is -2.89. The molecule has 0 saturated carbocycles. The average Bonchev–Trinajstić information content (AvgIpc) is 2.90. The first-order valence-electron chi connectivity index (χ1n) is 7.68. The van der Waals surface area contributed by atoms with Gasteiger partial charge >= 0.3 is 0 Å². The topological polar surface area (TPSA) is 50.8 Å². The summed E-state index contributed by atoms with van der Waals surface area (Å²) in [4.78, 5) is 14.6. The Labute approximate surface area is 133 Å². The summed E-state index contributed by atoms with van der Waals surface area (Å²) in [6, 6.07) is 2.34. The van der Waals surface area contributed by atoms with E-state index in [0.717, 1.165) is 19.0 Å². The van der Waals surface area contributed by atoms with Gasteiger partial charge in [0.05, 0.1) is 19.8 Å². The molecular formula is C16H20F2N2O3. The number of hydrogen-bond donors (Lipinski definition) is 1. The molecule has 2 aliphatic heterocycles. The molecule has 7 heteroatoms. The quantitative estimate of drug-likeness (QED) is 0.916. The standard InChI is InChI=1S/C16H20F2N2O3/c1-9-6-20-7-10(5-11(20)8-23-9)19-16(21)14-13(22-2)4-3-12(17)15(14)18/h3-4,9-11H,5-8H2,1-2H3,(H,19,21)/t9-,10-,11-/m0/s1. The van der Waals surface area contributed by atoms with Gasteiger partial charge < -0.3 is 14.8 Å². The normalized spacial score (nSPS) is 27.6. The first kappa shape index (κ1) is 16.1. The number of carbonyl (C=O) groups excluding carboxylic acids is 1. The second-order valence-corrected chi connectivity index (χ2v) is 6.10. The second kappa shape index (κ2) is 6.41. The largest absolute Gasteiger partial charge is 0.496 e. The van der Waals surface area contributed by atoms with Crippen molar-refractivity contribution in [1.82, 2.24) is 10.2 Å². The van der Waals surface area contributed by atoms with Gasteiger partial charge in [0.2, 0.25) is 0 Å². The first-order chi connectivity index (χ1) is 11.0. The monoisotopic (exact) mass is 326 g/mol. The highest BCUT2D eigenvalue weighted by Crippen LogP contribution is 2.26. The molecule has 2 saturated heterocycles. The molecule has 2 fully saturated rings. The Morgan fingerprint density at radius 2 is 2.17 bits per heavy atom. The van der Waals surface area contributed by atoms with E-state index in [2.05, 4.69) is 10.2 Å². The third-order valence-corrected chi connectivity index (χ3v) is 4.43. The van der Waals surface area contributed by atoms with E-state index in [1.165, 1.54) is 13.2 Å². The van der Waals surface area contributed by atoms with Crippen LogP contribution in [0.25, 0.3) is 0 Å². The molecule has 0 bridgehead atoms. The highest BCUT2D eigenvalue weighted by atomic mass is 19.2. The van der Waals surface area contributed by atoms with Crippen LogP contribution in [0.2, 0.25) is 0 Å². The number of nitrogens with one attached hydrogen (secondary N) is 1. The number of carbonyl (C=O) groups is 1. The summed E-state index contributed by atoms with van der Waals surface area (Å²) in [7, 11) is 1.32. The summed E-state index contributed by atoms with van der Waals surface area (Å²) in [6.07, 6.45) is 0.902. The van der Waals surface area contributed by atoms with Gasteiger partial charge in [-0.2, -0.15) is 0 Å². The zero-order valence-electron chi connectivity index (χ0n) is 13.1. The molecule has 1 aromatic carbocycles. The molecule has 0 aromatic heterocycles. The number of amides is 1. The molecule has 0 radical (unpaired) electrons. The van der Waals surface area contributed by atoms with E-state index in [9.17, 15) is 13.6 Å². The minimum atomic E-state index is -1.19. The van der Waals surface area contributed by atoms with Crippen LogP contribution in [0.1, 0.15) is 23.7 Å². The lowest BCUT2D eigenvalue weighted by Gasteiger charge is -2.33. The van der Waals surface area contributed by atoms with Crippen molar-refractivity contribution in [2.45, 2.75) is 31.5 Å². The van der Waals surface area contributed by atoms with Gasteiger partial charge in [-0.15, -0.1) is 0 Å². The maximum atomic E-state index is 14.0. The van der Waals surface area contributed by atoms with Gasteiger partial charge in [0, 0.05) is 25.2 Å². The maximum absolute atomic E-state index is 14.0. The number of nitrogens with zero attached hydrogens (tertiary/aromatic N) is 1. The van der Waals surface area contributed by atoms with Crippen LogP contribution in [-0.4, -0.2) is 55.8 Å². The van der Waals surface area contributed by atoms with Crippen molar-refractivity contribution in [1.29, 1.82) is 0 Å². The Hall–Kier alpha value is -1.73. The van der Waals surface area contributed by atoms with E-state index < -0.39 is 17.5 Å². The van der Waals surface area contributed by atoms with Crippen LogP contribution in [0.5, 0.6) is 5.75 Å². The fourth-order valence-corrected chi connectivity index (χ4v) is 3.32. The van der Waals surface area contributed by atoms with Gasteiger partial charge in [-0.05, 0) is 25.5 Å². The van der Waals surface area contributed by atoms with Gasteiger partial charge in [-0.3, -0.25) is 9.69 Å². The lowest BCUT2D eigenvalue weighted by Crippen LogP contribution is -2.45. The molecule has 1 aromatic rings. The minimum absolute atomic E-state index is 0.0223. The smallest absolute Gasteiger partial charge is 0.258 e. The average molecular weight is 326 g/mol. The molecule has 5 nitrogen and oxygen atoms in total. The van der Waals surface area contributed by atoms with Crippen molar-refractivity contribution in [3.05, 3.63) is 29.3 Å². The van der Waals surface area contributed by atoms with Gasteiger partial charge in [0.15, 0.2) is 11.6 Å². The molecular weight excluding hydrogens is 306 g/mol. The fourth-order valence-electron chi connectivity index (χ4n) is 3.32. The van der Waals surface area contributed by atoms with Crippen LogP contribution in [0, 0.1) is 11.6 Å². The van der Waals surface area contributed by atoms with Crippen LogP contribution < -0.4 is 10.1 Å². The maximum Gasteiger partial charge on any atom is 0.258 e. The summed E-state index contributed by atoms with van der Waals surface area (Å²) in [5.41, 5.74) is -0.387. The third kappa shape index (κ3) is 3.16. The number of benzene rings is 1. The van der Waals surface area contributed by atoms with Crippen molar-refractivity contribution in [2.75, 3.05) is 26.8 Å². The first-order valence-corrected chi connectivity index (χ1v) is 7.68. The molecule has 0 aliphatic carbocycles. The second-order valence-electron chi connectivity index (χ2n) is 6.10. The number of ether oxygens (including phenoxy) is 2. The van der Waals surface area contributed by atoms with Crippen LogP contribution >= 0.6 is 0 Å². The van der Waals surface area contributed by atoms with Gasteiger partial charge in [0.25, 0.3) is 5.91 Å². The predicted octanol–water partition coefficient (Wildman–Crippen LogP) is 1.56. The number of rotatable bonds is 3. The van der Waals surface area contributed by atoms with Crippen molar-refractivity contribution in [3.8, 4) is 5.75 Å². The lowest BCUT2D eigenvalue weighted by molar-refractivity contribution is -0.0390. The Balaban J connectivity index is 1.72. The highest BCUT2D eigenvalue weighted by molar-refractivity contribution is 5.97. The molecule has 0 unspecified atom stereocenters. The molecule has 2 aliphatic rings. The molecule has 3 atom stereocenters. The molecule has 0 spiro atoms. The van der Waals surface area contributed by atoms with Crippen molar-refractivity contribution in [3.63, 3.8) is 0 Å². The van der Waals surface area contributed by atoms with Crippen LogP contribution in [0.3, 0.4) is 0 Å². The number of morpholine rings is 1.